The summed E-state index contributed by atoms with van der Waals surface area (Å²) in [4.78, 5) is 0. The average molecular weight is 531 g/mol. The molecule has 0 atom stereocenters. The number of nitrogens with one attached hydrogen (secondary N) is 2. The van der Waals surface area contributed by atoms with E-state index in [0.717, 1.165) is 73.0 Å². The largest absolute Gasteiger partial charge is 0.396 e. The number of benzene rings is 4. The first-order valence-corrected chi connectivity index (χ1v) is 13.6. The molecule has 0 amide bonds. The van der Waals surface area contributed by atoms with E-state index >= 15 is 0 Å². The number of anilines is 2. The SMILES string of the molecule is CN/C1=C(\N(N)c2c(C)cccc2C)c2ccccc2/C(N)=C(/N(NC)c2c(C)cccc2C)c2ccccc21. The molecule has 6 heteroatoms. The number of rotatable bonds is 6. The molecule has 204 valence electrons. The highest BCUT2D eigenvalue weighted by atomic mass is 15.5. The molecule has 0 saturated heterocycles. The molecule has 1 aliphatic rings. The Kier molecular flexibility index (Phi) is 7.39. The van der Waals surface area contributed by atoms with Crippen LogP contribution < -0.4 is 32.3 Å². The molecule has 4 aromatic carbocycles. The lowest BCUT2D eigenvalue weighted by molar-refractivity contribution is 0.833. The lowest BCUT2D eigenvalue weighted by Crippen LogP contribution is -2.38. The molecule has 0 bridgehead atoms. The molecule has 6 N–H and O–H groups in total. The van der Waals surface area contributed by atoms with Gasteiger partial charge in [0.05, 0.1) is 34.2 Å². The Hall–Kier alpha value is -4.52. The van der Waals surface area contributed by atoms with Crippen molar-refractivity contribution >= 4 is 34.2 Å². The highest BCUT2D eigenvalue weighted by Gasteiger charge is 2.30. The Morgan fingerprint density at radius 1 is 0.550 bits per heavy atom. The third-order valence-electron chi connectivity index (χ3n) is 7.70. The second kappa shape index (κ2) is 10.9. The molecule has 5 rings (SSSR count). The van der Waals surface area contributed by atoms with E-state index in [0.29, 0.717) is 5.70 Å². The fourth-order valence-electron chi connectivity index (χ4n) is 5.90. The van der Waals surface area contributed by atoms with E-state index in [9.17, 15) is 0 Å². The van der Waals surface area contributed by atoms with Gasteiger partial charge in [0.15, 0.2) is 0 Å². The smallest absolute Gasteiger partial charge is 0.0892 e. The summed E-state index contributed by atoms with van der Waals surface area (Å²) in [5.41, 5.74) is 24.4. The first-order chi connectivity index (χ1) is 19.3. The van der Waals surface area contributed by atoms with Gasteiger partial charge in [-0.3, -0.25) is 10.0 Å². The van der Waals surface area contributed by atoms with E-state index in [2.05, 4.69) is 116 Å². The summed E-state index contributed by atoms with van der Waals surface area (Å²) in [6.45, 7) is 8.43. The van der Waals surface area contributed by atoms with Gasteiger partial charge in [-0.05, 0) is 49.9 Å². The van der Waals surface area contributed by atoms with Crippen LogP contribution in [-0.2, 0) is 0 Å². The van der Waals surface area contributed by atoms with Crippen molar-refractivity contribution in [2.75, 3.05) is 24.1 Å². The second-order valence-electron chi connectivity index (χ2n) is 10.2. The molecule has 40 heavy (non-hydrogen) atoms. The molecule has 0 aromatic heterocycles. The Bertz CT molecular complexity index is 1610. The van der Waals surface area contributed by atoms with Crippen LogP contribution in [0.3, 0.4) is 0 Å². The number of nitrogens with two attached hydrogens (primary N) is 2. The highest BCUT2D eigenvalue weighted by Crippen LogP contribution is 2.43. The van der Waals surface area contributed by atoms with Crippen molar-refractivity contribution in [3.63, 3.8) is 0 Å². The van der Waals surface area contributed by atoms with Crippen molar-refractivity contribution in [1.29, 1.82) is 0 Å². The van der Waals surface area contributed by atoms with Gasteiger partial charge in [0.25, 0.3) is 0 Å². The van der Waals surface area contributed by atoms with E-state index in [1.165, 1.54) is 0 Å². The van der Waals surface area contributed by atoms with Gasteiger partial charge in [0, 0.05) is 36.3 Å². The van der Waals surface area contributed by atoms with E-state index in [4.69, 9.17) is 11.6 Å². The van der Waals surface area contributed by atoms with Crippen LogP contribution in [0.1, 0.15) is 44.5 Å². The number of hydrogen-bond acceptors (Lipinski definition) is 6. The van der Waals surface area contributed by atoms with E-state index < -0.39 is 0 Å². The maximum Gasteiger partial charge on any atom is 0.0892 e. The summed E-state index contributed by atoms with van der Waals surface area (Å²) in [6, 6.07) is 29.1. The van der Waals surface area contributed by atoms with Gasteiger partial charge in [-0.25, -0.2) is 11.3 Å². The molecule has 0 unspecified atom stereocenters. The molecule has 0 heterocycles. The summed E-state index contributed by atoms with van der Waals surface area (Å²) in [5, 5.41) is 7.44. The quantitative estimate of drug-likeness (QED) is 0.179. The van der Waals surface area contributed by atoms with Crippen LogP contribution in [0.2, 0.25) is 0 Å². The molecule has 0 fully saturated rings. The zero-order valence-corrected chi connectivity index (χ0v) is 24.1. The third kappa shape index (κ3) is 4.41. The number of nitrogens with zero attached hydrogens (tertiary/aromatic N) is 2. The Morgan fingerprint density at radius 3 is 1.50 bits per heavy atom. The summed E-state index contributed by atoms with van der Waals surface area (Å²) in [5.74, 6) is 7.08. The molecule has 0 saturated carbocycles. The maximum atomic E-state index is 7.23. The van der Waals surface area contributed by atoms with Crippen molar-refractivity contribution in [3.8, 4) is 0 Å². The first kappa shape index (κ1) is 27.1. The minimum Gasteiger partial charge on any atom is -0.396 e. The van der Waals surface area contributed by atoms with E-state index in [-0.39, 0.29) is 0 Å². The fourth-order valence-corrected chi connectivity index (χ4v) is 5.90. The molecule has 1 aliphatic carbocycles. The van der Waals surface area contributed by atoms with Crippen LogP contribution in [0.4, 0.5) is 11.4 Å². The average Bonchev–Trinajstić information content (AvgIpc) is 2.94. The molecule has 0 spiro atoms. The molecular formula is C34H38N6. The van der Waals surface area contributed by atoms with Gasteiger partial charge in [0.1, 0.15) is 0 Å². The van der Waals surface area contributed by atoms with Crippen LogP contribution >= 0.6 is 0 Å². The third-order valence-corrected chi connectivity index (χ3v) is 7.70. The summed E-state index contributed by atoms with van der Waals surface area (Å²) >= 11 is 0. The number of fused-ring (bicyclic) bond motifs is 2. The van der Waals surface area contributed by atoms with Crippen molar-refractivity contribution < 1.29 is 0 Å². The number of hydrazine groups is 2. The summed E-state index contributed by atoms with van der Waals surface area (Å²) in [7, 11) is 3.88. The molecule has 4 aromatic rings. The molecule has 0 radical (unpaired) electrons. The number of hydrogen-bond donors (Lipinski definition) is 4. The van der Waals surface area contributed by atoms with Gasteiger partial charge in [-0.2, -0.15) is 0 Å². The number of aryl methyl sites for hydroxylation is 4. The zero-order valence-electron chi connectivity index (χ0n) is 24.1. The Labute approximate surface area is 237 Å². The van der Waals surface area contributed by atoms with Crippen LogP contribution in [0.5, 0.6) is 0 Å². The van der Waals surface area contributed by atoms with Gasteiger partial charge in [-0.15, -0.1) is 0 Å². The summed E-state index contributed by atoms with van der Waals surface area (Å²) in [6.07, 6.45) is 0. The topological polar surface area (TPSA) is 82.6 Å². The van der Waals surface area contributed by atoms with E-state index in [1.54, 1.807) is 0 Å². The van der Waals surface area contributed by atoms with Crippen molar-refractivity contribution in [3.05, 3.63) is 129 Å². The summed E-state index contributed by atoms with van der Waals surface area (Å²) < 4.78 is 0. The highest BCUT2D eigenvalue weighted by molar-refractivity contribution is 6.08. The Balaban J connectivity index is 1.89. The van der Waals surface area contributed by atoms with E-state index in [1.807, 2.05) is 31.2 Å². The monoisotopic (exact) mass is 530 g/mol. The number of para-hydroxylation sites is 2. The van der Waals surface area contributed by atoms with Crippen molar-refractivity contribution in [2.45, 2.75) is 27.7 Å². The Morgan fingerprint density at radius 2 is 1.00 bits per heavy atom. The fraction of sp³-hybridized carbons (Fsp3) is 0.176. The van der Waals surface area contributed by atoms with Gasteiger partial charge in [0.2, 0.25) is 0 Å². The standard InChI is InChI=1S/C34H38N6/c1-21-13-11-14-22(2)31(21)39(36)34-27-19-9-7-17-25(27)29(35)33(28-20-10-8-18-26(28)30(34)37-5)40(38-6)32-23(3)15-12-16-24(32)4/h7-20,37-38H,35-36H2,1-6H3/b29-25?,30-26?,33-28?,33-29-,34-27?,34-30-. The minimum absolute atomic E-state index is 0.655. The lowest BCUT2D eigenvalue weighted by Gasteiger charge is -2.35. The van der Waals surface area contributed by atoms with Gasteiger partial charge in [-0.1, -0.05) is 84.9 Å². The van der Waals surface area contributed by atoms with Crippen molar-refractivity contribution in [1.82, 2.24) is 10.7 Å². The van der Waals surface area contributed by atoms with Crippen LogP contribution in [-0.4, -0.2) is 14.1 Å². The normalized spacial score (nSPS) is 16.5. The van der Waals surface area contributed by atoms with Crippen LogP contribution in [0, 0.1) is 27.7 Å². The van der Waals surface area contributed by atoms with Crippen LogP contribution in [0.25, 0.3) is 22.8 Å². The predicted molar refractivity (Wildman–Crippen MR) is 170 cm³/mol. The lowest BCUT2D eigenvalue weighted by atomic mass is 9.89. The van der Waals surface area contributed by atoms with Crippen molar-refractivity contribution in [2.24, 2.45) is 11.6 Å². The maximum absolute atomic E-state index is 7.23. The molecule has 6 nitrogen and oxygen atoms in total. The minimum atomic E-state index is 0.655. The van der Waals surface area contributed by atoms with Gasteiger partial charge < -0.3 is 11.1 Å². The predicted octanol–water partition coefficient (Wildman–Crippen LogP) is 6.08. The zero-order chi connectivity index (χ0) is 28.6. The van der Waals surface area contributed by atoms with Gasteiger partial charge >= 0.3 is 0 Å². The second-order valence-corrected chi connectivity index (χ2v) is 10.2. The first-order valence-electron chi connectivity index (χ1n) is 13.6. The molecular weight excluding hydrogens is 492 g/mol. The van der Waals surface area contributed by atoms with Crippen LogP contribution in [0.15, 0.2) is 84.9 Å². The molecule has 0 aliphatic heterocycles.